The summed E-state index contributed by atoms with van der Waals surface area (Å²) in [5.74, 6) is 1.81. The average Bonchev–Trinajstić information content (AvgIpc) is 2.53. The third-order valence-electron chi connectivity index (χ3n) is 3.18. The third kappa shape index (κ3) is 4.26. The molecule has 0 fully saturated rings. The van der Waals surface area contributed by atoms with E-state index in [1.54, 1.807) is 11.8 Å². The predicted octanol–water partition coefficient (Wildman–Crippen LogP) is 4.67. The maximum Gasteiger partial charge on any atom is 0.125 e. The Morgan fingerprint density at radius 3 is 2.43 bits per heavy atom. The first-order chi connectivity index (χ1) is 10.3. The summed E-state index contributed by atoms with van der Waals surface area (Å²) in [5, 5.41) is 10.6. The molecule has 1 N–H and O–H groups in total. The lowest BCUT2D eigenvalue weighted by Gasteiger charge is -2.16. The molecule has 112 valence electrons. The van der Waals surface area contributed by atoms with Crippen LogP contribution in [0.4, 0.5) is 0 Å². The number of aliphatic hydroxyl groups excluding tert-OH is 1. The molecule has 2 rings (SSSR count). The number of ether oxygens (including phenoxy) is 1. The SMILES string of the molecule is CCCOc1ccccc1C(O)c1ccc(SCC)cc1. The quantitative estimate of drug-likeness (QED) is 0.754. The summed E-state index contributed by atoms with van der Waals surface area (Å²) in [5.41, 5.74) is 1.71. The van der Waals surface area contributed by atoms with Crippen LogP contribution in [0.2, 0.25) is 0 Å². The maximum atomic E-state index is 10.6. The van der Waals surface area contributed by atoms with E-state index >= 15 is 0 Å². The standard InChI is InChI=1S/C18H22O2S/c1-3-13-20-17-8-6-5-7-16(17)18(19)14-9-11-15(12-10-14)21-4-2/h5-12,18-19H,3-4,13H2,1-2H3. The Hall–Kier alpha value is -1.45. The molecule has 0 saturated carbocycles. The Balaban J connectivity index is 2.20. The van der Waals surface area contributed by atoms with Gasteiger partial charge in [-0.3, -0.25) is 0 Å². The fourth-order valence-corrected chi connectivity index (χ4v) is 2.80. The van der Waals surface area contributed by atoms with E-state index in [1.807, 2.05) is 36.4 Å². The highest BCUT2D eigenvalue weighted by Crippen LogP contribution is 2.31. The van der Waals surface area contributed by atoms with Gasteiger partial charge in [0.25, 0.3) is 0 Å². The van der Waals surface area contributed by atoms with Crippen LogP contribution < -0.4 is 4.74 Å². The van der Waals surface area contributed by atoms with E-state index in [2.05, 4.69) is 26.0 Å². The van der Waals surface area contributed by atoms with E-state index in [4.69, 9.17) is 4.74 Å². The molecular formula is C18H22O2S. The molecule has 0 aromatic heterocycles. The summed E-state index contributed by atoms with van der Waals surface area (Å²) in [6.07, 6.45) is 0.298. The van der Waals surface area contributed by atoms with Crippen molar-refractivity contribution >= 4 is 11.8 Å². The molecule has 1 unspecified atom stereocenters. The second-order valence-corrected chi connectivity index (χ2v) is 6.13. The van der Waals surface area contributed by atoms with Crippen LogP contribution in [-0.4, -0.2) is 17.5 Å². The lowest BCUT2D eigenvalue weighted by Crippen LogP contribution is -2.04. The highest BCUT2D eigenvalue weighted by atomic mass is 32.2. The van der Waals surface area contributed by atoms with Crippen molar-refractivity contribution in [3.63, 3.8) is 0 Å². The Bertz CT molecular complexity index is 551. The first-order valence-electron chi connectivity index (χ1n) is 7.38. The van der Waals surface area contributed by atoms with E-state index in [9.17, 15) is 5.11 Å². The van der Waals surface area contributed by atoms with E-state index in [0.717, 1.165) is 29.1 Å². The molecule has 0 amide bonds. The van der Waals surface area contributed by atoms with Gasteiger partial charge in [-0.2, -0.15) is 0 Å². The minimum absolute atomic E-state index is 0.654. The van der Waals surface area contributed by atoms with Crippen LogP contribution in [0, 0.1) is 0 Å². The summed E-state index contributed by atoms with van der Waals surface area (Å²) in [6, 6.07) is 15.8. The van der Waals surface area contributed by atoms with Gasteiger partial charge in [0.2, 0.25) is 0 Å². The Morgan fingerprint density at radius 2 is 1.76 bits per heavy atom. The smallest absolute Gasteiger partial charge is 0.125 e. The molecule has 2 aromatic carbocycles. The van der Waals surface area contributed by atoms with Gasteiger partial charge in [-0.25, -0.2) is 0 Å². The molecule has 0 aliphatic heterocycles. The lowest BCUT2D eigenvalue weighted by atomic mass is 10.0. The average molecular weight is 302 g/mol. The fraction of sp³-hybridized carbons (Fsp3) is 0.333. The lowest BCUT2D eigenvalue weighted by molar-refractivity contribution is 0.210. The van der Waals surface area contributed by atoms with Crippen molar-refractivity contribution in [1.82, 2.24) is 0 Å². The number of para-hydroxylation sites is 1. The van der Waals surface area contributed by atoms with Crippen LogP contribution in [-0.2, 0) is 0 Å². The van der Waals surface area contributed by atoms with Gasteiger partial charge in [-0.05, 0) is 35.9 Å². The molecule has 0 saturated heterocycles. The number of hydrogen-bond acceptors (Lipinski definition) is 3. The van der Waals surface area contributed by atoms with Crippen LogP contribution in [0.25, 0.3) is 0 Å². The summed E-state index contributed by atoms with van der Waals surface area (Å²) >= 11 is 1.80. The van der Waals surface area contributed by atoms with Crippen LogP contribution in [0.1, 0.15) is 37.5 Å². The topological polar surface area (TPSA) is 29.5 Å². The second kappa shape index (κ2) is 8.11. The van der Waals surface area contributed by atoms with Gasteiger partial charge in [0.1, 0.15) is 11.9 Å². The minimum atomic E-state index is -0.654. The number of aliphatic hydroxyl groups is 1. The van der Waals surface area contributed by atoms with Gasteiger partial charge in [-0.1, -0.05) is 44.2 Å². The molecule has 2 aromatic rings. The molecule has 0 heterocycles. The molecular weight excluding hydrogens is 280 g/mol. The van der Waals surface area contributed by atoms with Crippen molar-refractivity contribution in [3.05, 3.63) is 59.7 Å². The zero-order valence-electron chi connectivity index (χ0n) is 12.6. The van der Waals surface area contributed by atoms with E-state index < -0.39 is 6.10 Å². The molecule has 2 nitrogen and oxygen atoms in total. The van der Waals surface area contributed by atoms with Gasteiger partial charge < -0.3 is 9.84 Å². The highest BCUT2D eigenvalue weighted by Gasteiger charge is 2.15. The molecule has 21 heavy (non-hydrogen) atoms. The summed E-state index contributed by atoms with van der Waals surface area (Å²) < 4.78 is 5.73. The van der Waals surface area contributed by atoms with Crippen LogP contribution in [0.15, 0.2) is 53.4 Å². The molecule has 0 spiro atoms. The van der Waals surface area contributed by atoms with Gasteiger partial charge in [0, 0.05) is 10.5 Å². The Labute approximate surface area is 131 Å². The van der Waals surface area contributed by atoms with Crippen molar-refractivity contribution in [2.24, 2.45) is 0 Å². The molecule has 0 aliphatic carbocycles. The van der Waals surface area contributed by atoms with Crippen molar-refractivity contribution < 1.29 is 9.84 Å². The number of rotatable bonds is 7. The van der Waals surface area contributed by atoms with E-state index in [-0.39, 0.29) is 0 Å². The molecule has 3 heteroatoms. The number of hydrogen-bond donors (Lipinski definition) is 1. The van der Waals surface area contributed by atoms with Crippen molar-refractivity contribution in [2.75, 3.05) is 12.4 Å². The fourth-order valence-electron chi connectivity index (χ4n) is 2.14. The van der Waals surface area contributed by atoms with Crippen LogP contribution in [0.5, 0.6) is 5.75 Å². The molecule has 0 bridgehead atoms. The van der Waals surface area contributed by atoms with Crippen molar-refractivity contribution in [3.8, 4) is 5.75 Å². The zero-order valence-corrected chi connectivity index (χ0v) is 13.4. The van der Waals surface area contributed by atoms with E-state index in [0.29, 0.717) is 6.61 Å². The molecule has 0 aliphatic rings. The molecule has 0 radical (unpaired) electrons. The Kier molecular flexibility index (Phi) is 6.15. The van der Waals surface area contributed by atoms with Crippen LogP contribution in [0.3, 0.4) is 0 Å². The second-order valence-electron chi connectivity index (χ2n) is 4.79. The highest BCUT2D eigenvalue weighted by molar-refractivity contribution is 7.99. The number of benzene rings is 2. The van der Waals surface area contributed by atoms with E-state index in [1.165, 1.54) is 4.90 Å². The van der Waals surface area contributed by atoms with Gasteiger partial charge in [-0.15, -0.1) is 11.8 Å². The first-order valence-corrected chi connectivity index (χ1v) is 8.37. The first kappa shape index (κ1) is 15.9. The zero-order chi connectivity index (χ0) is 15.1. The monoisotopic (exact) mass is 302 g/mol. The largest absolute Gasteiger partial charge is 0.493 e. The number of thioether (sulfide) groups is 1. The van der Waals surface area contributed by atoms with Gasteiger partial charge >= 0.3 is 0 Å². The third-order valence-corrected chi connectivity index (χ3v) is 4.08. The summed E-state index contributed by atoms with van der Waals surface area (Å²) in [7, 11) is 0. The van der Waals surface area contributed by atoms with Crippen molar-refractivity contribution in [1.29, 1.82) is 0 Å². The van der Waals surface area contributed by atoms with Crippen molar-refractivity contribution in [2.45, 2.75) is 31.3 Å². The van der Waals surface area contributed by atoms with Crippen LogP contribution >= 0.6 is 11.8 Å². The maximum absolute atomic E-state index is 10.6. The molecule has 1 atom stereocenters. The van der Waals surface area contributed by atoms with Gasteiger partial charge in [0.05, 0.1) is 6.61 Å². The minimum Gasteiger partial charge on any atom is -0.493 e. The van der Waals surface area contributed by atoms with Gasteiger partial charge in [0.15, 0.2) is 0 Å². The predicted molar refractivity (Wildman–Crippen MR) is 89.1 cm³/mol. The summed E-state index contributed by atoms with van der Waals surface area (Å²) in [4.78, 5) is 1.23. The normalized spacial score (nSPS) is 12.1. The Morgan fingerprint density at radius 1 is 1.05 bits per heavy atom. The summed E-state index contributed by atoms with van der Waals surface area (Å²) in [6.45, 7) is 4.87.